The molecule has 0 spiro atoms. The fourth-order valence-corrected chi connectivity index (χ4v) is 2.92. The van der Waals surface area contributed by atoms with Crippen LogP contribution < -0.4 is 20.1 Å². The highest BCUT2D eigenvalue weighted by Crippen LogP contribution is 2.27. The Bertz CT molecular complexity index is 705. The van der Waals surface area contributed by atoms with E-state index in [0.717, 1.165) is 29.4 Å². The van der Waals surface area contributed by atoms with Crippen molar-refractivity contribution in [2.24, 2.45) is 4.99 Å². The highest BCUT2D eigenvalue weighted by Gasteiger charge is 2.22. The largest absolute Gasteiger partial charge is 0.494 e. The van der Waals surface area contributed by atoms with E-state index in [1.807, 2.05) is 43.3 Å². The Morgan fingerprint density at radius 2 is 1.96 bits per heavy atom. The van der Waals surface area contributed by atoms with Crippen LogP contribution in [0.5, 0.6) is 11.5 Å². The Hall–Kier alpha value is -2.69. The summed E-state index contributed by atoms with van der Waals surface area (Å²) in [6.07, 6.45) is 1.06. The maximum Gasteiger partial charge on any atom is 0.191 e. The van der Waals surface area contributed by atoms with Gasteiger partial charge in [0.1, 0.15) is 17.6 Å². The highest BCUT2D eigenvalue weighted by atomic mass is 16.5. The quantitative estimate of drug-likeness (QED) is 0.628. The van der Waals surface area contributed by atoms with Gasteiger partial charge in [0.15, 0.2) is 5.96 Å². The van der Waals surface area contributed by atoms with Crippen LogP contribution in [0, 0.1) is 0 Å². The van der Waals surface area contributed by atoms with Crippen molar-refractivity contribution in [2.45, 2.75) is 26.0 Å². The van der Waals surface area contributed by atoms with E-state index in [1.54, 1.807) is 7.05 Å². The molecule has 1 unspecified atom stereocenters. The molecule has 0 aromatic heterocycles. The molecule has 0 saturated carbocycles. The van der Waals surface area contributed by atoms with Gasteiger partial charge in [-0.15, -0.1) is 0 Å². The van der Waals surface area contributed by atoms with Crippen LogP contribution in [0.15, 0.2) is 53.5 Å². The average molecular weight is 339 g/mol. The number of aliphatic imine (C=N–C) groups is 1. The molecule has 25 heavy (non-hydrogen) atoms. The Balaban J connectivity index is 1.50. The van der Waals surface area contributed by atoms with E-state index in [2.05, 4.69) is 27.8 Å². The molecule has 5 nitrogen and oxygen atoms in total. The number of rotatable bonds is 6. The molecular weight excluding hydrogens is 314 g/mol. The highest BCUT2D eigenvalue weighted by molar-refractivity contribution is 5.79. The van der Waals surface area contributed by atoms with E-state index in [-0.39, 0.29) is 6.10 Å². The van der Waals surface area contributed by atoms with Crippen LogP contribution in [0.4, 0.5) is 0 Å². The molecule has 5 heteroatoms. The average Bonchev–Trinajstić information content (AvgIpc) is 3.06. The summed E-state index contributed by atoms with van der Waals surface area (Å²) in [6.45, 7) is 4.01. The zero-order valence-electron chi connectivity index (χ0n) is 14.8. The van der Waals surface area contributed by atoms with Gasteiger partial charge in [0.05, 0.1) is 13.2 Å². The third-order valence-electron chi connectivity index (χ3n) is 4.15. The van der Waals surface area contributed by atoms with Crippen LogP contribution in [0.3, 0.4) is 0 Å². The zero-order valence-corrected chi connectivity index (χ0v) is 14.8. The maximum atomic E-state index is 5.95. The molecule has 0 bridgehead atoms. The van der Waals surface area contributed by atoms with E-state index in [4.69, 9.17) is 9.47 Å². The summed E-state index contributed by atoms with van der Waals surface area (Å²) in [4.78, 5) is 4.29. The molecule has 3 rings (SSSR count). The summed E-state index contributed by atoms with van der Waals surface area (Å²) in [5.41, 5.74) is 2.37. The first kappa shape index (κ1) is 17.1. The van der Waals surface area contributed by atoms with Crippen molar-refractivity contribution >= 4 is 5.96 Å². The summed E-state index contributed by atoms with van der Waals surface area (Å²) in [7, 11) is 1.77. The van der Waals surface area contributed by atoms with Crippen molar-refractivity contribution < 1.29 is 9.47 Å². The lowest BCUT2D eigenvalue weighted by Crippen LogP contribution is -2.42. The van der Waals surface area contributed by atoms with Crippen LogP contribution >= 0.6 is 0 Å². The van der Waals surface area contributed by atoms with Crippen LogP contribution in [-0.2, 0) is 13.0 Å². The molecule has 132 valence electrons. The molecule has 1 atom stereocenters. The molecule has 0 radical (unpaired) electrons. The summed E-state index contributed by atoms with van der Waals surface area (Å²) in [6, 6.07) is 16.2. The number of fused-ring (bicyclic) bond motifs is 1. The second-order valence-corrected chi connectivity index (χ2v) is 5.90. The van der Waals surface area contributed by atoms with Gasteiger partial charge in [-0.25, -0.2) is 0 Å². The van der Waals surface area contributed by atoms with Gasteiger partial charge in [0.25, 0.3) is 0 Å². The molecule has 0 amide bonds. The molecule has 0 fully saturated rings. The minimum atomic E-state index is 0.131. The van der Waals surface area contributed by atoms with E-state index in [1.165, 1.54) is 5.56 Å². The summed E-state index contributed by atoms with van der Waals surface area (Å²) in [5.74, 6) is 2.65. The molecule has 2 aromatic carbocycles. The molecule has 2 aromatic rings. The molecule has 0 saturated heterocycles. The van der Waals surface area contributed by atoms with Crippen molar-refractivity contribution in [3.8, 4) is 11.5 Å². The van der Waals surface area contributed by atoms with Gasteiger partial charge in [-0.3, -0.25) is 4.99 Å². The van der Waals surface area contributed by atoms with Gasteiger partial charge >= 0.3 is 0 Å². The van der Waals surface area contributed by atoms with Gasteiger partial charge in [-0.05, 0) is 24.6 Å². The number of hydrogen-bond donors (Lipinski definition) is 2. The van der Waals surface area contributed by atoms with Crippen molar-refractivity contribution in [3.63, 3.8) is 0 Å². The van der Waals surface area contributed by atoms with Crippen molar-refractivity contribution in [3.05, 3.63) is 59.7 Å². The minimum absolute atomic E-state index is 0.131. The monoisotopic (exact) mass is 339 g/mol. The smallest absolute Gasteiger partial charge is 0.191 e. The Morgan fingerprint density at radius 3 is 2.76 bits per heavy atom. The topological polar surface area (TPSA) is 54.9 Å². The predicted octanol–water partition coefficient (Wildman–Crippen LogP) is 2.75. The first-order valence-electron chi connectivity index (χ1n) is 8.70. The second kappa shape index (κ2) is 8.42. The van der Waals surface area contributed by atoms with Crippen molar-refractivity contribution in [1.29, 1.82) is 0 Å². The van der Waals surface area contributed by atoms with Crippen molar-refractivity contribution in [2.75, 3.05) is 20.2 Å². The molecule has 1 heterocycles. The number of hydrogen-bond acceptors (Lipinski definition) is 3. The number of para-hydroxylation sites is 2. The van der Waals surface area contributed by atoms with E-state index in [9.17, 15) is 0 Å². The van der Waals surface area contributed by atoms with Gasteiger partial charge in [-0.1, -0.05) is 36.4 Å². The van der Waals surface area contributed by atoms with Gasteiger partial charge in [-0.2, -0.15) is 0 Å². The SMILES string of the molecule is CCOc1ccccc1CNC(=NC)NCC1Cc2ccccc2O1. The van der Waals surface area contributed by atoms with Gasteiger partial charge in [0, 0.05) is 25.6 Å². The fourth-order valence-electron chi connectivity index (χ4n) is 2.92. The van der Waals surface area contributed by atoms with Crippen LogP contribution in [-0.4, -0.2) is 32.3 Å². The fraction of sp³-hybridized carbons (Fsp3) is 0.350. The standard InChI is InChI=1S/C20H25N3O2/c1-3-24-18-10-6-5-9-16(18)13-22-20(21-2)23-14-17-12-15-8-4-7-11-19(15)25-17/h4-11,17H,3,12-14H2,1-2H3,(H2,21,22,23). The Morgan fingerprint density at radius 1 is 1.16 bits per heavy atom. The summed E-state index contributed by atoms with van der Waals surface area (Å²) in [5, 5.41) is 6.67. The maximum absolute atomic E-state index is 5.95. The van der Waals surface area contributed by atoms with E-state index >= 15 is 0 Å². The summed E-state index contributed by atoms with van der Waals surface area (Å²) < 4.78 is 11.6. The lowest BCUT2D eigenvalue weighted by atomic mass is 10.1. The van der Waals surface area contributed by atoms with Crippen LogP contribution in [0.25, 0.3) is 0 Å². The minimum Gasteiger partial charge on any atom is -0.494 e. The number of benzene rings is 2. The van der Waals surface area contributed by atoms with Gasteiger partial charge in [0.2, 0.25) is 0 Å². The lowest BCUT2D eigenvalue weighted by molar-refractivity contribution is 0.235. The Labute approximate surface area is 149 Å². The molecule has 1 aliphatic heterocycles. The number of nitrogens with one attached hydrogen (secondary N) is 2. The predicted molar refractivity (Wildman–Crippen MR) is 100 cm³/mol. The third-order valence-corrected chi connectivity index (χ3v) is 4.15. The zero-order chi connectivity index (χ0) is 17.5. The number of guanidine groups is 1. The van der Waals surface area contributed by atoms with E-state index < -0.39 is 0 Å². The molecule has 1 aliphatic rings. The van der Waals surface area contributed by atoms with Crippen molar-refractivity contribution in [1.82, 2.24) is 10.6 Å². The second-order valence-electron chi connectivity index (χ2n) is 5.90. The third kappa shape index (κ3) is 4.44. The van der Waals surface area contributed by atoms with Crippen LogP contribution in [0.2, 0.25) is 0 Å². The first-order valence-corrected chi connectivity index (χ1v) is 8.70. The first-order chi connectivity index (χ1) is 12.3. The lowest BCUT2D eigenvalue weighted by Gasteiger charge is -2.16. The molecule has 0 aliphatic carbocycles. The molecular formula is C20H25N3O2. The van der Waals surface area contributed by atoms with E-state index in [0.29, 0.717) is 19.7 Å². The summed E-state index contributed by atoms with van der Waals surface area (Å²) >= 11 is 0. The van der Waals surface area contributed by atoms with Crippen LogP contribution in [0.1, 0.15) is 18.1 Å². The normalized spacial score (nSPS) is 16.1. The molecule has 2 N–H and O–H groups in total. The Kier molecular flexibility index (Phi) is 5.77. The van der Waals surface area contributed by atoms with Gasteiger partial charge < -0.3 is 20.1 Å². The number of ether oxygens (including phenoxy) is 2. The number of nitrogens with zero attached hydrogens (tertiary/aromatic N) is 1.